The predicted molar refractivity (Wildman–Crippen MR) is 108 cm³/mol. The number of nitrogens with zero attached hydrogens (tertiary/aromatic N) is 1. The highest BCUT2D eigenvalue weighted by Crippen LogP contribution is 2.33. The quantitative estimate of drug-likeness (QED) is 0.763. The molecule has 152 valence electrons. The lowest BCUT2D eigenvalue weighted by Gasteiger charge is -2.27. The van der Waals surface area contributed by atoms with Crippen molar-refractivity contribution < 1.29 is 23.1 Å². The number of rotatable bonds is 5. The van der Waals surface area contributed by atoms with E-state index < -0.39 is 16.0 Å². The van der Waals surface area contributed by atoms with E-state index in [2.05, 4.69) is 5.32 Å². The number of hydrogen-bond donors (Lipinski definition) is 2. The monoisotopic (exact) mass is 426 g/mol. The van der Waals surface area contributed by atoms with E-state index in [1.54, 1.807) is 12.1 Å². The summed E-state index contributed by atoms with van der Waals surface area (Å²) in [6.45, 7) is 5.58. The molecule has 1 heterocycles. The van der Waals surface area contributed by atoms with Gasteiger partial charge in [-0.1, -0.05) is 6.07 Å². The van der Waals surface area contributed by atoms with Gasteiger partial charge < -0.3 is 15.2 Å². The van der Waals surface area contributed by atoms with Crippen LogP contribution in [-0.2, 0) is 10.0 Å². The summed E-state index contributed by atoms with van der Waals surface area (Å²) in [4.78, 5) is 11.2. The standard InChI is InChI=1S/C19H22N2O5S.ClH/c1-13-9-14(2)11-16(10-13)26-17-4-3-15(19(22)23)12-18(17)27(24,25)21-7-5-20-6-8-21;/h3-4,9-12,20H,5-8H2,1-2H3,(H,22,23);1H. The highest BCUT2D eigenvalue weighted by molar-refractivity contribution is 7.89. The first-order valence-corrected chi connectivity index (χ1v) is 10.1. The Morgan fingerprint density at radius 1 is 1.07 bits per heavy atom. The van der Waals surface area contributed by atoms with Crippen molar-refractivity contribution in [3.05, 3.63) is 53.1 Å². The van der Waals surface area contributed by atoms with Gasteiger partial charge in [0.25, 0.3) is 0 Å². The molecular formula is C19H23ClN2O5S. The molecule has 0 bridgehead atoms. The second kappa shape index (κ2) is 8.91. The normalized spacial score (nSPS) is 14.9. The van der Waals surface area contributed by atoms with Crippen LogP contribution in [0.1, 0.15) is 21.5 Å². The second-order valence-electron chi connectivity index (χ2n) is 6.55. The third-order valence-corrected chi connectivity index (χ3v) is 6.23. The van der Waals surface area contributed by atoms with E-state index in [1.165, 1.54) is 16.4 Å². The summed E-state index contributed by atoms with van der Waals surface area (Å²) in [6.07, 6.45) is 0. The van der Waals surface area contributed by atoms with Crippen molar-refractivity contribution in [2.45, 2.75) is 18.7 Å². The summed E-state index contributed by atoms with van der Waals surface area (Å²) in [6, 6.07) is 9.50. The molecule has 0 atom stereocenters. The van der Waals surface area contributed by atoms with Gasteiger partial charge in [-0.05, 0) is 55.3 Å². The number of aryl methyl sites for hydroxylation is 2. The molecule has 7 nitrogen and oxygen atoms in total. The Bertz CT molecular complexity index is 952. The molecule has 1 fully saturated rings. The fraction of sp³-hybridized carbons (Fsp3) is 0.316. The lowest BCUT2D eigenvalue weighted by Crippen LogP contribution is -2.46. The third-order valence-electron chi connectivity index (χ3n) is 4.31. The Morgan fingerprint density at radius 3 is 2.25 bits per heavy atom. The molecular weight excluding hydrogens is 404 g/mol. The van der Waals surface area contributed by atoms with E-state index in [9.17, 15) is 18.3 Å². The average Bonchev–Trinajstić information content (AvgIpc) is 2.61. The number of nitrogens with one attached hydrogen (secondary N) is 1. The van der Waals surface area contributed by atoms with Crippen molar-refractivity contribution in [3.63, 3.8) is 0 Å². The molecule has 1 aliphatic rings. The highest BCUT2D eigenvalue weighted by Gasteiger charge is 2.30. The number of halogens is 1. The molecule has 2 N–H and O–H groups in total. The molecule has 0 aliphatic carbocycles. The smallest absolute Gasteiger partial charge is 0.335 e. The van der Waals surface area contributed by atoms with Crippen LogP contribution in [0.3, 0.4) is 0 Å². The van der Waals surface area contributed by atoms with Gasteiger partial charge in [-0.25, -0.2) is 13.2 Å². The van der Waals surface area contributed by atoms with Crippen molar-refractivity contribution in [2.24, 2.45) is 0 Å². The van der Waals surface area contributed by atoms with Gasteiger partial charge in [0.15, 0.2) is 0 Å². The van der Waals surface area contributed by atoms with Gasteiger partial charge in [0.1, 0.15) is 16.4 Å². The first-order valence-electron chi connectivity index (χ1n) is 8.62. The maximum absolute atomic E-state index is 13.1. The fourth-order valence-electron chi connectivity index (χ4n) is 3.07. The van der Waals surface area contributed by atoms with Gasteiger partial charge in [0, 0.05) is 26.2 Å². The minimum absolute atomic E-state index is 0. The lowest BCUT2D eigenvalue weighted by molar-refractivity contribution is 0.0696. The number of carbonyl (C=O) groups is 1. The molecule has 2 aromatic carbocycles. The average molecular weight is 427 g/mol. The van der Waals surface area contributed by atoms with Crippen molar-refractivity contribution in [1.29, 1.82) is 0 Å². The molecule has 0 aromatic heterocycles. The van der Waals surface area contributed by atoms with E-state index in [0.717, 1.165) is 17.2 Å². The molecule has 0 radical (unpaired) electrons. The number of carboxylic acids is 1. The van der Waals surface area contributed by atoms with Crippen molar-refractivity contribution in [3.8, 4) is 11.5 Å². The van der Waals surface area contributed by atoms with Crippen LogP contribution in [0.4, 0.5) is 0 Å². The first kappa shape index (κ1) is 22.2. The van der Waals surface area contributed by atoms with Crippen LogP contribution in [0.2, 0.25) is 0 Å². The van der Waals surface area contributed by atoms with Crippen LogP contribution in [0, 0.1) is 13.8 Å². The van der Waals surface area contributed by atoms with Crippen molar-refractivity contribution >= 4 is 28.4 Å². The number of carboxylic acid groups (broad SMARTS) is 1. The Morgan fingerprint density at radius 2 is 1.68 bits per heavy atom. The fourth-order valence-corrected chi connectivity index (χ4v) is 4.65. The van der Waals surface area contributed by atoms with Gasteiger partial charge in [-0.15, -0.1) is 12.4 Å². The maximum atomic E-state index is 13.1. The highest BCUT2D eigenvalue weighted by atomic mass is 35.5. The largest absolute Gasteiger partial charge is 0.478 e. The van der Waals surface area contributed by atoms with Crippen LogP contribution < -0.4 is 10.1 Å². The van der Waals surface area contributed by atoms with Crippen LogP contribution in [0.25, 0.3) is 0 Å². The summed E-state index contributed by atoms with van der Waals surface area (Å²) in [5.74, 6) is -0.569. The molecule has 0 amide bonds. The van der Waals surface area contributed by atoms with Crippen molar-refractivity contribution in [1.82, 2.24) is 9.62 Å². The summed E-state index contributed by atoms with van der Waals surface area (Å²) in [5.41, 5.74) is 1.87. The number of benzene rings is 2. The molecule has 0 saturated carbocycles. The number of aromatic carboxylic acids is 1. The number of piperazine rings is 1. The number of ether oxygens (including phenoxy) is 1. The minimum Gasteiger partial charge on any atom is -0.478 e. The Balaban J connectivity index is 0.00000280. The minimum atomic E-state index is -3.88. The zero-order valence-corrected chi connectivity index (χ0v) is 17.3. The molecule has 0 unspecified atom stereocenters. The third kappa shape index (κ3) is 4.82. The predicted octanol–water partition coefficient (Wildman–Crippen LogP) is 2.81. The SMILES string of the molecule is Cc1cc(C)cc(Oc2ccc(C(=O)O)cc2S(=O)(=O)N2CCNCC2)c1.Cl. The molecule has 0 spiro atoms. The zero-order chi connectivity index (χ0) is 19.6. The number of hydrogen-bond acceptors (Lipinski definition) is 5. The van der Waals surface area contributed by atoms with Gasteiger partial charge in [0.2, 0.25) is 10.0 Å². The molecule has 1 saturated heterocycles. The van der Waals surface area contributed by atoms with E-state index in [0.29, 0.717) is 31.9 Å². The van der Waals surface area contributed by atoms with Gasteiger partial charge >= 0.3 is 5.97 Å². The summed E-state index contributed by atoms with van der Waals surface area (Å²) >= 11 is 0. The van der Waals surface area contributed by atoms with Crippen LogP contribution in [-0.4, -0.2) is 50.0 Å². The lowest BCUT2D eigenvalue weighted by atomic mass is 10.1. The van der Waals surface area contributed by atoms with Crippen LogP contribution >= 0.6 is 12.4 Å². The van der Waals surface area contributed by atoms with E-state index in [-0.39, 0.29) is 28.6 Å². The van der Waals surface area contributed by atoms with E-state index in [4.69, 9.17) is 4.74 Å². The van der Waals surface area contributed by atoms with Crippen LogP contribution in [0.15, 0.2) is 41.3 Å². The van der Waals surface area contributed by atoms with Crippen molar-refractivity contribution in [2.75, 3.05) is 26.2 Å². The summed E-state index contributed by atoms with van der Waals surface area (Å²) in [7, 11) is -3.88. The van der Waals surface area contributed by atoms with Gasteiger partial charge in [0.05, 0.1) is 5.56 Å². The molecule has 28 heavy (non-hydrogen) atoms. The maximum Gasteiger partial charge on any atom is 0.335 e. The Hall–Kier alpha value is -2.13. The van der Waals surface area contributed by atoms with E-state index in [1.807, 2.05) is 19.9 Å². The van der Waals surface area contributed by atoms with Gasteiger partial charge in [-0.2, -0.15) is 4.31 Å². The Labute approximate surface area is 170 Å². The van der Waals surface area contributed by atoms with E-state index >= 15 is 0 Å². The summed E-state index contributed by atoms with van der Waals surface area (Å²) in [5, 5.41) is 12.4. The second-order valence-corrected chi connectivity index (χ2v) is 8.45. The summed E-state index contributed by atoms with van der Waals surface area (Å²) < 4.78 is 33.5. The molecule has 3 rings (SSSR count). The molecule has 1 aliphatic heterocycles. The zero-order valence-electron chi connectivity index (χ0n) is 15.6. The van der Waals surface area contributed by atoms with Gasteiger partial charge in [-0.3, -0.25) is 0 Å². The van der Waals surface area contributed by atoms with Crippen LogP contribution in [0.5, 0.6) is 11.5 Å². The Kier molecular flexibility index (Phi) is 7.06. The number of sulfonamides is 1. The first-order chi connectivity index (χ1) is 12.8. The molecule has 9 heteroatoms. The topological polar surface area (TPSA) is 95.9 Å². The molecule has 2 aromatic rings.